The molecule has 0 spiro atoms. The molecule has 28 heavy (non-hydrogen) atoms. The standard InChI is InChI=1S/C23H29NO4/c1-17(15-18-7-5-4-6-8-18)24-22(25)23(11-13-28-14-12-23)19-9-10-20(26-2)21(16-19)27-3/h4-10,16-17H,11-15H2,1-3H3,(H,24,25)/t17-/m1/s1. The highest BCUT2D eigenvalue weighted by molar-refractivity contribution is 5.89. The van der Waals surface area contributed by atoms with Crippen LogP contribution in [0.1, 0.15) is 30.9 Å². The number of methoxy groups -OCH3 is 2. The third kappa shape index (κ3) is 4.30. The number of carbonyl (C=O) groups is 1. The summed E-state index contributed by atoms with van der Waals surface area (Å²) in [6, 6.07) is 16.0. The summed E-state index contributed by atoms with van der Waals surface area (Å²) in [6.45, 7) is 3.18. The van der Waals surface area contributed by atoms with Gasteiger partial charge in [0.05, 0.1) is 19.6 Å². The van der Waals surface area contributed by atoms with Crippen LogP contribution in [0.25, 0.3) is 0 Å². The molecule has 0 aliphatic carbocycles. The fourth-order valence-electron chi connectivity index (χ4n) is 3.88. The number of amides is 1. The van der Waals surface area contributed by atoms with E-state index in [1.807, 2.05) is 43.3 Å². The first-order valence-electron chi connectivity index (χ1n) is 9.74. The average molecular weight is 383 g/mol. The average Bonchev–Trinajstić information content (AvgIpc) is 2.74. The topological polar surface area (TPSA) is 56.8 Å². The van der Waals surface area contributed by atoms with Gasteiger partial charge in [0.15, 0.2) is 11.5 Å². The smallest absolute Gasteiger partial charge is 0.231 e. The fourth-order valence-corrected chi connectivity index (χ4v) is 3.88. The third-order valence-corrected chi connectivity index (χ3v) is 5.48. The number of rotatable bonds is 7. The molecule has 5 nitrogen and oxygen atoms in total. The lowest BCUT2D eigenvalue weighted by atomic mass is 9.73. The van der Waals surface area contributed by atoms with E-state index in [4.69, 9.17) is 14.2 Å². The molecular weight excluding hydrogens is 354 g/mol. The Hall–Kier alpha value is -2.53. The zero-order valence-corrected chi connectivity index (χ0v) is 16.9. The van der Waals surface area contributed by atoms with Crippen molar-refractivity contribution >= 4 is 5.91 Å². The molecule has 1 N–H and O–H groups in total. The van der Waals surface area contributed by atoms with Crippen molar-refractivity contribution in [3.63, 3.8) is 0 Å². The molecule has 3 rings (SSSR count). The van der Waals surface area contributed by atoms with Gasteiger partial charge in [-0.3, -0.25) is 4.79 Å². The van der Waals surface area contributed by atoms with Gasteiger partial charge in [-0.2, -0.15) is 0 Å². The van der Waals surface area contributed by atoms with E-state index in [2.05, 4.69) is 17.4 Å². The summed E-state index contributed by atoms with van der Waals surface area (Å²) in [5.74, 6) is 1.34. The van der Waals surface area contributed by atoms with Gasteiger partial charge < -0.3 is 19.5 Å². The lowest BCUT2D eigenvalue weighted by Gasteiger charge is -2.37. The van der Waals surface area contributed by atoms with Crippen LogP contribution in [-0.2, 0) is 21.4 Å². The monoisotopic (exact) mass is 383 g/mol. The van der Waals surface area contributed by atoms with Gasteiger partial charge in [0.25, 0.3) is 0 Å². The molecule has 150 valence electrons. The van der Waals surface area contributed by atoms with E-state index >= 15 is 0 Å². The van der Waals surface area contributed by atoms with Crippen LogP contribution < -0.4 is 14.8 Å². The predicted octanol–water partition coefficient (Wildman–Crippen LogP) is 3.50. The number of hydrogen-bond acceptors (Lipinski definition) is 4. The number of nitrogens with one attached hydrogen (secondary N) is 1. The van der Waals surface area contributed by atoms with E-state index in [0.717, 1.165) is 12.0 Å². The molecule has 0 saturated carbocycles. The molecule has 1 fully saturated rings. The van der Waals surface area contributed by atoms with E-state index in [0.29, 0.717) is 37.6 Å². The van der Waals surface area contributed by atoms with Crippen LogP contribution in [0.5, 0.6) is 11.5 Å². The summed E-state index contributed by atoms with van der Waals surface area (Å²) in [6.07, 6.45) is 2.09. The fraction of sp³-hybridized carbons (Fsp3) is 0.435. The lowest BCUT2D eigenvalue weighted by Crippen LogP contribution is -2.50. The maximum Gasteiger partial charge on any atom is 0.231 e. The SMILES string of the molecule is COc1ccc(C2(C(=O)N[C@H](C)Cc3ccccc3)CCOCC2)cc1OC. The molecule has 2 aromatic carbocycles. The number of carbonyl (C=O) groups excluding carboxylic acids is 1. The van der Waals surface area contributed by atoms with Crippen molar-refractivity contribution in [2.45, 2.75) is 37.6 Å². The number of ether oxygens (including phenoxy) is 3. The first-order valence-corrected chi connectivity index (χ1v) is 9.74. The van der Waals surface area contributed by atoms with Gasteiger partial charge in [0.2, 0.25) is 5.91 Å². The molecular formula is C23H29NO4. The largest absolute Gasteiger partial charge is 0.493 e. The Bertz CT molecular complexity index is 784. The molecule has 0 aromatic heterocycles. The molecule has 1 saturated heterocycles. The quantitative estimate of drug-likeness (QED) is 0.795. The molecule has 1 atom stereocenters. The van der Waals surface area contributed by atoms with E-state index in [9.17, 15) is 4.79 Å². The van der Waals surface area contributed by atoms with E-state index < -0.39 is 5.41 Å². The Morgan fingerprint density at radius 3 is 2.39 bits per heavy atom. The van der Waals surface area contributed by atoms with Crippen LogP contribution in [0.4, 0.5) is 0 Å². The van der Waals surface area contributed by atoms with Gasteiger partial charge >= 0.3 is 0 Å². The minimum absolute atomic E-state index is 0.0368. The highest BCUT2D eigenvalue weighted by atomic mass is 16.5. The van der Waals surface area contributed by atoms with Gasteiger partial charge in [-0.25, -0.2) is 0 Å². The van der Waals surface area contributed by atoms with Crippen molar-refractivity contribution in [1.29, 1.82) is 0 Å². The molecule has 0 bridgehead atoms. The van der Waals surface area contributed by atoms with E-state index in [1.165, 1.54) is 5.56 Å². The molecule has 0 unspecified atom stereocenters. The van der Waals surface area contributed by atoms with Crippen molar-refractivity contribution in [2.75, 3.05) is 27.4 Å². The summed E-state index contributed by atoms with van der Waals surface area (Å²) in [7, 11) is 3.22. The number of hydrogen-bond donors (Lipinski definition) is 1. The molecule has 1 amide bonds. The Morgan fingerprint density at radius 2 is 1.75 bits per heavy atom. The minimum Gasteiger partial charge on any atom is -0.493 e. The van der Waals surface area contributed by atoms with Gasteiger partial charge in [0, 0.05) is 19.3 Å². The van der Waals surface area contributed by atoms with Crippen LogP contribution in [0, 0.1) is 0 Å². The van der Waals surface area contributed by atoms with Crippen LogP contribution in [-0.4, -0.2) is 39.4 Å². The summed E-state index contributed by atoms with van der Waals surface area (Å²) in [5.41, 5.74) is 1.53. The summed E-state index contributed by atoms with van der Waals surface area (Å²) in [4.78, 5) is 13.4. The van der Waals surface area contributed by atoms with Crippen molar-refractivity contribution in [3.8, 4) is 11.5 Å². The maximum absolute atomic E-state index is 13.4. The van der Waals surface area contributed by atoms with Crippen LogP contribution >= 0.6 is 0 Å². The molecule has 2 aromatic rings. The first-order chi connectivity index (χ1) is 13.6. The zero-order valence-electron chi connectivity index (χ0n) is 16.9. The Balaban J connectivity index is 1.83. The van der Waals surface area contributed by atoms with Gasteiger partial charge in [-0.05, 0) is 49.4 Å². The molecule has 1 heterocycles. The van der Waals surface area contributed by atoms with Gasteiger partial charge in [0.1, 0.15) is 0 Å². The highest BCUT2D eigenvalue weighted by Crippen LogP contribution is 2.39. The van der Waals surface area contributed by atoms with Crippen LogP contribution in [0.3, 0.4) is 0 Å². The van der Waals surface area contributed by atoms with E-state index in [1.54, 1.807) is 14.2 Å². The van der Waals surface area contributed by atoms with Crippen LogP contribution in [0.15, 0.2) is 48.5 Å². The van der Waals surface area contributed by atoms with Gasteiger partial charge in [-0.15, -0.1) is 0 Å². The maximum atomic E-state index is 13.4. The van der Waals surface area contributed by atoms with Crippen LogP contribution in [0.2, 0.25) is 0 Å². The lowest BCUT2D eigenvalue weighted by molar-refractivity contribution is -0.131. The second kappa shape index (κ2) is 9.11. The third-order valence-electron chi connectivity index (χ3n) is 5.48. The number of benzene rings is 2. The summed E-state index contributed by atoms with van der Waals surface area (Å²) in [5, 5.41) is 3.24. The zero-order chi connectivity index (χ0) is 20.0. The van der Waals surface area contributed by atoms with Crippen molar-refractivity contribution in [1.82, 2.24) is 5.32 Å². The second-order valence-electron chi connectivity index (χ2n) is 7.33. The summed E-state index contributed by atoms with van der Waals surface area (Å²) >= 11 is 0. The normalized spacial score (nSPS) is 16.8. The van der Waals surface area contributed by atoms with E-state index in [-0.39, 0.29) is 11.9 Å². The Kier molecular flexibility index (Phi) is 6.57. The highest BCUT2D eigenvalue weighted by Gasteiger charge is 2.42. The molecule has 5 heteroatoms. The summed E-state index contributed by atoms with van der Waals surface area (Å²) < 4.78 is 16.4. The molecule has 1 aliphatic rings. The molecule has 0 radical (unpaired) electrons. The second-order valence-corrected chi connectivity index (χ2v) is 7.33. The predicted molar refractivity (Wildman–Crippen MR) is 109 cm³/mol. The minimum atomic E-state index is -0.622. The van der Waals surface area contributed by atoms with Gasteiger partial charge in [-0.1, -0.05) is 36.4 Å². The Labute approximate surface area is 167 Å². The molecule has 1 aliphatic heterocycles. The van der Waals surface area contributed by atoms with Crippen molar-refractivity contribution in [2.24, 2.45) is 0 Å². The van der Waals surface area contributed by atoms with Crippen molar-refractivity contribution in [3.05, 3.63) is 59.7 Å². The van der Waals surface area contributed by atoms with Crippen molar-refractivity contribution < 1.29 is 19.0 Å². The first kappa shape index (κ1) is 20.2. The Morgan fingerprint density at radius 1 is 1.07 bits per heavy atom.